The van der Waals surface area contributed by atoms with Gasteiger partial charge in [-0.2, -0.15) is 0 Å². The molecule has 0 radical (unpaired) electrons. The predicted octanol–water partition coefficient (Wildman–Crippen LogP) is 5.66. The van der Waals surface area contributed by atoms with Gasteiger partial charge in [0.25, 0.3) is 5.69 Å². The van der Waals surface area contributed by atoms with Crippen LogP contribution < -0.4 is 14.8 Å². The Hall–Kier alpha value is -4.25. The third-order valence-corrected chi connectivity index (χ3v) is 5.19. The van der Waals surface area contributed by atoms with Gasteiger partial charge in [0.2, 0.25) is 5.78 Å². The summed E-state index contributed by atoms with van der Waals surface area (Å²) in [6.45, 7) is 0. The summed E-state index contributed by atoms with van der Waals surface area (Å²) in [6, 6.07) is 7.85. The zero-order valence-corrected chi connectivity index (χ0v) is 18.3. The number of methoxy groups -OCH3 is 2. The molecule has 0 saturated carbocycles. The number of nitro groups is 1. The van der Waals surface area contributed by atoms with Crippen LogP contribution >= 0.6 is 11.6 Å². The summed E-state index contributed by atoms with van der Waals surface area (Å²) >= 11 is 6.08. The van der Waals surface area contributed by atoms with Crippen molar-refractivity contribution in [3.8, 4) is 11.5 Å². The largest absolute Gasteiger partial charge is 0.494 e. The topological polar surface area (TPSA) is 117 Å². The van der Waals surface area contributed by atoms with Crippen LogP contribution in [0.15, 0.2) is 47.0 Å². The highest BCUT2D eigenvalue weighted by Crippen LogP contribution is 2.36. The molecule has 0 fully saturated rings. The second-order valence-corrected chi connectivity index (χ2v) is 7.25. The van der Waals surface area contributed by atoms with Gasteiger partial charge >= 0.3 is 0 Å². The fraction of sp³-hybridized carbons (Fsp3) is 0.0909. The van der Waals surface area contributed by atoms with Crippen LogP contribution in [0.25, 0.3) is 11.0 Å². The fourth-order valence-corrected chi connectivity index (χ4v) is 3.47. The molecule has 34 heavy (non-hydrogen) atoms. The van der Waals surface area contributed by atoms with Crippen LogP contribution in [-0.4, -0.2) is 29.9 Å². The number of fused-ring (bicyclic) bond motifs is 1. The summed E-state index contributed by atoms with van der Waals surface area (Å²) < 4.78 is 44.6. The summed E-state index contributed by atoms with van der Waals surface area (Å²) in [5.74, 6) is -4.48. The number of hydrogen-bond donors (Lipinski definition) is 1. The van der Waals surface area contributed by atoms with Crippen LogP contribution in [0.2, 0.25) is 5.02 Å². The first kappa shape index (κ1) is 22.9. The number of hydrogen-bond acceptors (Lipinski definition) is 8. The van der Waals surface area contributed by atoms with Gasteiger partial charge in [0, 0.05) is 17.5 Å². The molecule has 2 aromatic carbocycles. The zero-order valence-electron chi connectivity index (χ0n) is 17.5. The lowest BCUT2D eigenvalue weighted by Crippen LogP contribution is -2.09. The van der Waals surface area contributed by atoms with Crippen molar-refractivity contribution in [3.63, 3.8) is 0 Å². The summed E-state index contributed by atoms with van der Waals surface area (Å²) in [5.41, 5.74) is -1.02. The highest BCUT2D eigenvalue weighted by atomic mass is 35.5. The second-order valence-electron chi connectivity index (χ2n) is 6.85. The average molecular weight is 490 g/mol. The molecule has 0 unspecified atom stereocenters. The molecule has 12 heteroatoms. The van der Waals surface area contributed by atoms with Crippen LogP contribution in [0.4, 0.5) is 26.0 Å². The first-order chi connectivity index (χ1) is 16.2. The van der Waals surface area contributed by atoms with E-state index in [0.29, 0.717) is 5.39 Å². The number of benzene rings is 2. The van der Waals surface area contributed by atoms with E-state index in [1.54, 1.807) is 0 Å². The summed E-state index contributed by atoms with van der Waals surface area (Å²) in [7, 11) is 2.32. The Labute approximate surface area is 195 Å². The Morgan fingerprint density at radius 2 is 1.82 bits per heavy atom. The van der Waals surface area contributed by atoms with E-state index in [1.807, 2.05) is 0 Å². The molecule has 0 bridgehead atoms. The number of rotatable bonds is 7. The smallest absolute Gasteiger partial charge is 0.294 e. The van der Waals surface area contributed by atoms with Gasteiger partial charge in [-0.1, -0.05) is 17.7 Å². The Balaban J connectivity index is 1.74. The number of nitro benzene ring substituents is 1. The second kappa shape index (κ2) is 8.94. The van der Waals surface area contributed by atoms with Gasteiger partial charge in [0.05, 0.1) is 30.4 Å². The minimum Gasteiger partial charge on any atom is -0.494 e. The number of para-hydroxylation sites is 1. The van der Waals surface area contributed by atoms with Crippen LogP contribution in [0.1, 0.15) is 16.1 Å². The van der Waals surface area contributed by atoms with E-state index in [4.69, 9.17) is 25.5 Å². The molecule has 4 rings (SSSR count). The number of ketones is 1. The number of aromatic nitrogens is 1. The normalized spacial score (nSPS) is 10.9. The summed E-state index contributed by atoms with van der Waals surface area (Å²) in [5, 5.41) is 14.5. The third kappa shape index (κ3) is 3.97. The average Bonchev–Trinajstić information content (AvgIpc) is 3.24. The van der Waals surface area contributed by atoms with Crippen molar-refractivity contribution in [2.75, 3.05) is 19.5 Å². The van der Waals surface area contributed by atoms with Crippen LogP contribution in [0, 0.1) is 21.7 Å². The number of pyridine rings is 1. The maximum atomic E-state index is 14.7. The molecule has 2 heterocycles. The highest BCUT2D eigenvalue weighted by Gasteiger charge is 2.28. The molecule has 0 spiro atoms. The number of carbonyl (C=O) groups excluding carboxylic acids is 1. The Bertz CT molecular complexity index is 1430. The number of anilines is 2. The first-order valence-electron chi connectivity index (χ1n) is 9.49. The summed E-state index contributed by atoms with van der Waals surface area (Å²) in [4.78, 5) is 27.7. The lowest BCUT2D eigenvalue weighted by atomic mass is 10.1. The maximum absolute atomic E-state index is 14.7. The van der Waals surface area contributed by atoms with E-state index in [2.05, 4.69) is 10.3 Å². The van der Waals surface area contributed by atoms with E-state index in [-0.39, 0.29) is 45.1 Å². The number of halogens is 3. The monoisotopic (exact) mass is 489 g/mol. The van der Waals surface area contributed by atoms with Gasteiger partial charge in [-0.15, -0.1) is 0 Å². The number of nitrogens with one attached hydrogen (secondary N) is 1. The van der Waals surface area contributed by atoms with Crippen molar-refractivity contribution in [1.29, 1.82) is 0 Å². The quantitative estimate of drug-likeness (QED) is 0.201. The molecule has 1 N–H and O–H groups in total. The van der Waals surface area contributed by atoms with Crippen molar-refractivity contribution < 1.29 is 32.4 Å². The zero-order chi connectivity index (χ0) is 24.6. The fourth-order valence-electron chi connectivity index (χ4n) is 3.25. The molecule has 0 aliphatic rings. The molecule has 4 aromatic rings. The molecule has 0 amide bonds. The van der Waals surface area contributed by atoms with Gasteiger partial charge in [0.15, 0.2) is 34.5 Å². The standard InChI is InChI=1S/C22H14ClF2N3O6/c1-32-13-8-14(33-2)20(25)18(19(13)24)22(29)15-6-10-7-17(26-9-16(10)34-15)27-21-11(23)4-3-5-12(21)28(30)31/h3-9H,1-2H3,(H,26,27). The Kier molecular flexibility index (Phi) is 6.03. The maximum Gasteiger partial charge on any atom is 0.294 e. The molecule has 174 valence electrons. The molecule has 2 aromatic heterocycles. The number of furan rings is 1. The SMILES string of the molecule is COc1cc(OC)c(F)c(C(=O)c2cc3cc(Nc4c(Cl)cccc4[N+](=O)[O-])ncc3o2)c1F. The highest BCUT2D eigenvalue weighted by molar-refractivity contribution is 6.33. The lowest BCUT2D eigenvalue weighted by Gasteiger charge is -2.10. The van der Waals surface area contributed by atoms with Gasteiger partial charge in [-0.05, 0) is 18.2 Å². The van der Waals surface area contributed by atoms with E-state index in [9.17, 15) is 23.7 Å². The van der Waals surface area contributed by atoms with Crippen molar-refractivity contribution in [3.05, 3.63) is 80.7 Å². The molecule has 0 aliphatic carbocycles. The van der Waals surface area contributed by atoms with Gasteiger partial charge in [-0.25, -0.2) is 13.8 Å². The Morgan fingerprint density at radius 1 is 1.15 bits per heavy atom. The van der Waals surface area contributed by atoms with Crippen LogP contribution in [0.5, 0.6) is 11.5 Å². The van der Waals surface area contributed by atoms with Crippen LogP contribution in [-0.2, 0) is 0 Å². The van der Waals surface area contributed by atoms with E-state index in [0.717, 1.165) is 20.3 Å². The Morgan fingerprint density at radius 3 is 2.44 bits per heavy atom. The number of carbonyl (C=O) groups is 1. The van der Waals surface area contributed by atoms with E-state index >= 15 is 0 Å². The van der Waals surface area contributed by atoms with Gasteiger partial charge in [-0.3, -0.25) is 14.9 Å². The minimum atomic E-state index is -1.21. The van der Waals surface area contributed by atoms with Gasteiger partial charge < -0.3 is 19.2 Å². The van der Waals surface area contributed by atoms with Crippen LogP contribution in [0.3, 0.4) is 0 Å². The number of nitrogens with zero attached hydrogens (tertiary/aromatic N) is 2. The van der Waals surface area contributed by atoms with Crippen molar-refractivity contribution >= 4 is 45.5 Å². The molecule has 0 saturated heterocycles. The van der Waals surface area contributed by atoms with Crippen molar-refractivity contribution in [2.24, 2.45) is 0 Å². The van der Waals surface area contributed by atoms with Gasteiger partial charge in [0.1, 0.15) is 17.1 Å². The molecule has 9 nitrogen and oxygen atoms in total. The lowest BCUT2D eigenvalue weighted by molar-refractivity contribution is -0.383. The van der Waals surface area contributed by atoms with E-state index in [1.165, 1.54) is 36.5 Å². The molecule has 0 atom stereocenters. The minimum absolute atomic E-state index is 0.0217. The predicted molar refractivity (Wildman–Crippen MR) is 118 cm³/mol. The van der Waals surface area contributed by atoms with Crippen molar-refractivity contribution in [2.45, 2.75) is 0 Å². The molecule has 0 aliphatic heterocycles. The first-order valence-corrected chi connectivity index (χ1v) is 9.87. The number of ether oxygens (including phenoxy) is 2. The third-order valence-electron chi connectivity index (χ3n) is 4.87. The summed E-state index contributed by atoms with van der Waals surface area (Å²) in [6.07, 6.45) is 1.25. The van der Waals surface area contributed by atoms with E-state index < -0.39 is 27.9 Å². The molecular formula is C22H14ClF2N3O6. The molecular weight excluding hydrogens is 476 g/mol. The van der Waals surface area contributed by atoms with Crippen molar-refractivity contribution in [1.82, 2.24) is 4.98 Å².